The number of benzene rings is 1. The molecule has 0 bridgehead atoms. The lowest BCUT2D eigenvalue weighted by Gasteiger charge is -2.19. The Morgan fingerprint density at radius 3 is 2.62 bits per heavy atom. The van der Waals surface area contributed by atoms with Gasteiger partial charge in [0.05, 0.1) is 7.11 Å². The second-order valence-corrected chi connectivity index (χ2v) is 8.02. The first-order chi connectivity index (χ1) is 14.0. The predicted molar refractivity (Wildman–Crippen MR) is 109 cm³/mol. The van der Waals surface area contributed by atoms with Crippen molar-refractivity contribution in [2.24, 2.45) is 5.92 Å². The van der Waals surface area contributed by atoms with Crippen molar-refractivity contribution in [2.75, 3.05) is 13.7 Å². The number of rotatable bonds is 6. The number of thiophene rings is 1. The predicted octanol–water partition coefficient (Wildman–Crippen LogP) is 2.89. The van der Waals surface area contributed by atoms with E-state index in [0.717, 1.165) is 25.7 Å². The molecule has 29 heavy (non-hydrogen) atoms. The van der Waals surface area contributed by atoms with Gasteiger partial charge in [0.2, 0.25) is 0 Å². The van der Waals surface area contributed by atoms with Gasteiger partial charge in [-0.1, -0.05) is 13.3 Å². The molecule has 2 amide bonds. The molecule has 1 aromatic carbocycles. The molecule has 3 rings (SSSR count). The van der Waals surface area contributed by atoms with Gasteiger partial charge in [-0.15, -0.1) is 11.3 Å². The zero-order valence-corrected chi connectivity index (χ0v) is 17.3. The third-order valence-electron chi connectivity index (χ3n) is 4.97. The molecular formula is C21H24N2O5S. The van der Waals surface area contributed by atoms with Crippen LogP contribution in [0.25, 0.3) is 0 Å². The largest absolute Gasteiger partial charge is 0.497 e. The van der Waals surface area contributed by atoms with E-state index in [1.165, 1.54) is 28.9 Å². The number of carbonyl (C=O) groups excluding carboxylic acids is 3. The van der Waals surface area contributed by atoms with Crippen LogP contribution < -0.4 is 15.6 Å². The number of amides is 2. The molecular weight excluding hydrogens is 392 g/mol. The molecule has 0 radical (unpaired) electrons. The second-order valence-electron chi connectivity index (χ2n) is 6.88. The fourth-order valence-corrected chi connectivity index (χ4v) is 4.33. The average molecular weight is 416 g/mol. The average Bonchev–Trinajstić information content (AvgIpc) is 3.19. The van der Waals surface area contributed by atoms with E-state index >= 15 is 0 Å². The number of hydrogen-bond acceptors (Lipinski definition) is 6. The first-order valence-corrected chi connectivity index (χ1v) is 10.3. The van der Waals surface area contributed by atoms with Crippen molar-refractivity contribution in [3.8, 4) is 5.75 Å². The lowest BCUT2D eigenvalue weighted by molar-refractivity contribution is -0.125. The molecule has 1 unspecified atom stereocenters. The minimum absolute atomic E-state index is 0.359. The molecule has 8 heteroatoms. The highest BCUT2D eigenvalue weighted by molar-refractivity contribution is 7.14. The maximum Gasteiger partial charge on any atom is 0.348 e. The summed E-state index contributed by atoms with van der Waals surface area (Å²) >= 11 is 1.44. The number of carbonyl (C=O) groups is 3. The lowest BCUT2D eigenvalue weighted by atomic mass is 9.87. The number of hydrazine groups is 1. The van der Waals surface area contributed by atoms with Gasteiger partial charge in [-0.3, -0.25) is 20.4 Å². The highest BCUT2D eigenvalue weighted by Crippen LogP contribution is 2.33. The Bertz CT molecular complexity index is 891. The van der Waals surface area contributed by atoms with Gasteiger partial charge < -0.3 is 9.47 Å². The normalized spacial score (nSPS) is 15.2. The van der Waals surface area contributed by atoms with Crippen molar-refractivity contribution in [3.63, 3.8) is 0 Å². The van der Waals surface area contributed by atoms with Crippen molar-refractivity contribution >= 4 is 29.1 Å². The topological polar surface area (TPSA) is 93.7 Å². The summed E-state index contributed by atoms with van der Waals surface area (Å²) in [5.74, 6) is -0.329. The minimum atomic E-state index is -0.618. The van der Waals surface area contributed by atoms with Crippen LogP contribution in [0.4, 0.5) is 0 Å². The monoisotopic (exact) mass is 416 g/mol. The summed E-state index contributed by atoms with van der Waals surface area (Å²) in [5, 5.41) is 0. The van der Waals surface area contributed by atoms with E-state index in [4.69, 9.17) is 9.47 Å². The van der Waals surface area contributed by atoms with Gasteiger partial charge in [-0.05, 0) is 61.1 Å². The smallest absolute Gasteiger partial charge is 0.348 e. The van der Waals surface area contributed by atoms with Crippen molar-refractivity contribution in [3.05, 3.63) is 51.2 Å². The van der Waals surface area contributed by atoms with E-state index in [9.17, 15) is 14.4 Å². The summed E-state index contributed by atoms with van der Waals surface area (Å²) < 4.78 is 10.1. The van der Waals surface area contributed by atoms with E-state index in [1.54, 1.807) is 24.3 Å². The molecule has 0 fully saturated rings. The van der Waals surface area contributed by atoms with Crippen LogP contribution in [0.2, 0.25) is 0 Å². The number of ether oxygens (including phenoxy) is 2. The first-order valence-electron chi connectivity index (χ1n) is 9.52. The molecule has 0 saturated carbocycles. The Kier molecular flexibility index (Phi) is 6.87. The maximum atomic E-state index is 12.2. The fourth-order valence-electron chi connectivity index (χ4n) is 3.23. The zero-order valence-electron chi connectivity index (χ0n) is 16.4. The quantitative estimate of drug-likeness (QED) is 0.558. The number of hydrogen-bond donors (Lipinski definition) is 2. The van der Waals surface area contributed by atoms with Crippen LogP contribution in [0, 0.1) is 5.92 Å². The number of methoxy groups -OCH3 is 1. The summed E-state index contributed by atoms with van der Waals surface area (Å²) in [6.45, 7) is 1.71. The first kappa shape index (κ1) is 20.9. The van der Waals surface area contributed by atoms with E-state index in [2.05, 4.69) is 17.8 Å². The van der Waals surface area contributed by atoms with Crippen LogP contribution in [0.1, 0.15) is 50.2 Å². The lowest BCUT2D eigenvalue weighted by Crippen LogP contribution is -2.43. The molecule has 154 valence electrons. The van der Waals surface area contributed by atoms with Gasteiger partial charge in [-0.25, -0.2) is 4.79 Å². The summed E-state index contributed by atoms with van der Waals surface area (Å²) in [7, 11) is 1.53. The Balaban J connectivity index is 1.45. The van der Waals surface area contributed by atoms with Crippen molar-refractivity contribution in [2.45, 2.75) is 32.6 Å². The molecule has 7 nitrogen and oxygen atoms in total. The number of nitrogens with one attached hydrogen (secondary N) is 2. The highest BCUT2D eigenvalue weighted by Gasteiger charge is 2.23. The van der Waals surface area contributed by atoms with Crippen LogP contribution in [0.5, 0.6) is 5.75 Å². The minimum Gasteiger partial charge on any atom is -0.497 e. The Labute approximate surface area is 173 Å². The molecule has 1 atom stereocenters. The van der Waals surface area contributed by atoms with Gasteiger partial charge >= 0.3 is 5.97 Å². The molecule has 0 aliphatic heterocycles. The van der Waals surface area contributed by atoms with E-state index < -0.39 is 24.4 Å². The standard InChI is InChI=1S/C21H24N2O5S/c1-3-13-4-9-17-15(10-13)11-18(29-17)21(26)28-12-19(24)22-23-20(25)14-5-7-16(27-2)8-6-14/h5-8,11,13H,3-4,9-10,12H2,1-2H3,(H,22,24)(H,23,25). The molecule has 1 aromatic heterocycles. The van der Waals surface area contributed by atoms with Crippen molar-refractivity contribution in [1.29, 1.82) is 0 Å². The number of esters is 1. The Morgan fingerprint density at radius 1 is 1.17 bits per heavy atom. The SMILES string of the molecule is CCC1CCc2sc(C(=O)OCC(=O)NNC(=O)c3ccc(OC)cc3)cc2C1. The molecule has 1 heterocycles. The summed E-state index contributed by atoms with van der Waals surface area (Å²) in [6, 6.07) is 8.31. The van der Waals surface area contributed by atoms with Crippen LogP contribution >= 0.6 is 11.3 Å². The van der Waals surface area contributed by atoms with E-state index in [-0.39, 0.29) is 0 Å². The van der Waals surface area contributed by atoms with Gasteiger partial charge in [0.15, 0.2) is 6.61 Å². The van der Waals surface area contributed by atoms with Crippen LogP contribution in [-0.4, -0.2) is 31.5 Å². The summed E-state index contributed by atoms with van der Waals surface area (Å²) in [6.07, 6.45) is 4.27. The van der Waals surface area contributed by atoms with E-state index in [0.29, 0.717) is 22.1 Å². The van der Waals surface area contributed by atoms with Crippen LogP contribution in [0.15, 0.2) is 30.3 Å². The number of aryl methyl sites for hydroxylation is 1. The fraction of sp³-hybridized carbons (Fsp3) is 0.381. The molecule has 0 spiro atoms. The third-order valence-corrected chi connectivity index (χ3v) is 6.18. The Morgan fingerprint density at radius 2 is 1.93 bits per heavy atom. The van der Waals surface area contributed by atoms with Crippen LogP contribution in [0.3, 0.4) is 0 Å². The molecule has 1 aliphatic rings. The number of fused-ring (bicyclic) bond motifs is 1. The van der Waals surface area contributed by atoms with E-state index in [1.807, 2.05) is 6.07 Å². The molecule has 1 aliphatic carbocycles. The van der Waals surface area contributed by atoms with Crippen molar-refractivity contribution in [1.82, 2.24) is 10.9 Å². The molecule has 2 aromatic rings. The Hall–Kier alpha value is -2.87. The maximum absolute atomic E-state index is 12.2. The van der Waals surface area contributed by atoms with Crippen LogP contribution in [-0.2, 0) is 22.4 Å². The summed E-state index contributed by atoms with van der Waals surface area (Å²) in [4.78, 5) is 37.9. The highest BCUT2D eigenvalue weighted by atomic mass is 32.1. The van der Waals surface area contributed by atoms with Crippen molar-refractivity contribution < 1.29 is 23.9 Å². The van der Waals surface area contributed by atoms with Gasteiger partial charge in [-0.2, -0.15) is 0 Å². The summed E-state index contributed by atoms with van der Waals surface area (Å²) in [5.41, 5.74) is 6.10. The van der Waals surface area contributed by atoms with Gasteiger partial charge in [0.1, 0.15) is 10.6 Å². The molecule has 2 N–H and O–H groups in total. The molecule has 0 saturated heterocycles. The van der Waals surface area contributed by atoms with Gasteiger partial charge in [0.25, 0.3) is 11.8 Å². The second kappa shape index (κ2) is 9.56. The van der Waals surface area contributed by atoms with Gasteiger partial charge in [0, 0.05) is 10.4 Å². The third kappa shape index (κ3) is 5.35. The zero-order chi connectivity index (χ0) is 20.8.